The van der Waals surface area contributed by atoms with Crippen LogP contribution in [0.5, 0.6) is 0 Å². The normalized spacial score (nSPS) is 14.6. The van der Waals surface area contributed by atoms with E-state index >= 15 is 0 Å². The van der Waals surface area contributed by atoms with E-state index in [0.717, 1.165) is 26.1 Å². The number of rotatable bonds is 10. The Balaban J connectivity index is 4.13. The molecule has 3 nitrogen and oxygen atoms in total. The summed E-state index contributed by atoms with van der Waals surface area (Å²) < 4.78 is 6.10. The van der Waals surface area contributed by atoms with E-state index in [1.54, 1.807) is 0 Å². The van der Waals surface area contributed by atoms with Crippen LogP contribution in [0.2, 0.25) is 0 Å². The molecule has 20 heavy (non-hydrogen) atoms. The van der Waals surface area contributed by atoms with E-state index in [1.807, 2.05) is 0 Å². The molecule has 0 aliphatic rings. The third-order valence-electron chi connectivity index (χ3n) is 3.50. The van der Waals surface area contributed by atoms with Gasteiger partial charge in [-0.25, -0.2) is 0 Å². The van der Waals surface area contributed by atoms with Gasteiger partial charge in [-0.05, 0) is 54.9 Å². The molecule has 0 aromatic heterocycles. The molecule has 0 aliphatic heterocycles. The highest BCUT2D eigenvalue weighted by Gasteiger charge is 2.16. The molecule has 0 spiro atoms. The van der Waals surface area contributed by atoms with Crippen molar-refractivity contribution in [1.29, 1.82) is 0 Å². The third kappa shape index (κ3) is 9.73. The summed E-state index contributed by atoms with van der Waals surface area (Å²) in [6.07, 6.45) is 2.64. The van der Waals surface area contributed by atoms with Crippen molar-refractivity contribution in [3.63, 3.8) is 0 Å². The predicted octanol–water partition coefficient (Wildman–Crippen LogP) is 3.68. The Kier molecular flexibility index (Phi) is 9.69. The lowest BCUT2D eigenvalue weighted by Gasteiger charge is -2.31. The fourth-order valence-electron chi connectivity index (χ4n) is 2.42. The van der Waals surface area contributed by atoms with E-state index in [0.29, 0.717) is 18.2 Å². The van der Waals surface area contributed by atoms with Gasteiger partial charge in [0.1, 0.15) is 0 Å². The molecule has 0 radical (unpaired) electrons. The van der Waals surface area contributed by atoms with E-state index in [4.69, 9.17) is 4.74 Å². The SMILES string of the molecule is CCCC(CNC(C)(C)C)OCCN(C(C)C)C(C)C. The lowest BCUT2D eigenvalue weighted by atomic mass is 10.1. The maximum absolute atomic E-state index is 6.10. The molecule has 0 amide bonds. The molecule has 1 unspecified atom stereocenters. The molecule has 122 valence electrons. The summed E-state index contributed by atoms with van der Waals surface area (Å²) in [7, 11) is 0. The van der Waals surface area contributed by atoms with Gasteiger partial charge in [0.05, 0.1) is 12.7 Å². The largest absolute Gasteiger partial charge is 0.376 e. The summed E-state index contributed by atoms with van der Waals surface area (Å²) in [6.45, 7) is 20.6. The summed E-state index contributed by atoms with van der Waals surface area (Å²) >= 11 is 0. The number of hydrogen-bond donors (Lipinski definition) is 1. The van der Waals surface area contributed by atoms with Crippen molar-refractivity contribution in [2.24, 2.45) is 0 Å². The van der Waals surface area contributed by atoms with Crippen molar-refractivity contribution in [1.82, 2.24) is 10.2 Å². The molecular weight excluding hydrogens is 248 g/mol. The average molecular weight is 287 g/mol. The minimum Gasteiger partial charge on any atom is -0.376 e. The molecule has 1 atom stereocenters. The van der Waals surface area contributed by atoms with Crippen molar-refractivity contribution >= 4 is 0 Å². The fourth-order valence-corrected chi connectivity index (χ4v) is 2.42. The first-order valence-corrected chi connectivity index (χ1v) is 8.29. The highest BCUT2D eigenvalue weighted by Crippen LogP contribution is 2.08. The molecule has 0 aliphatic carbocycles. The first-order valence-electron chi connectivity index (χ1n) is 8.29. The van der Waals surface area contributed by atoms with Gasteiger partial charge in [0.2, 0.25) is 0 Å². The van der Waals surface area contributed by atoms with Crippen LogP contribution in [0.3, 0.4) is 0 Å². The van der Waals surface area contributed by atoms with Crippen LogP contribution in [0.25, 0.3) is 0 Å². The Morgan fingerprint density at radius 2 is 1.60 bits per heavy atom. The molecule has 0 saturated heterocycles. The molecule has 0 heterocycles. The summed E-state index contributed by atoms with van der Waals surface area (Å²) in [6, 6.07) is 1.16. The Morgan fingerprint density at radius 3 is 2.00 bits per heavy atom. The Morgan fingerprint density at radius 1 is 1.05 bits per heavy atom. The molecule has 0 fully saturated rings. The minimum absolute atomic E-state index is 0.164. The maximum atomic E-state index is 6.10. The van der Waals surface area contributed by atoms with E-state index in [-0.39, 0.29) is 5.54 Å². The first-order chi connectivity index (χ1) is 9.17. The standard InChI is InChI=1S/C17H38N2O/c1-9-10-16(13-18-17(6,7)8)20-12-11-19(14(2)3)15(4)5/h14-16,18H,9-13H2,1-8H3. The zero-order chi connectivity index (χ0) is 15.8. The van der Waals surface area contributed by atoms with Gasteiger partial charge in [0.15, 0.2) is 0 Å². The zero-order valence-corrected chi connectivity index (χ0v) is 15.1. The van der Waals surface area contributed by atoms with Gasteiger partial charge in [0, 0.05) is 30.7 Å². The van der Waals surface area contributed by atoms with Crippen LogP contribution in [-0.2, 0) is 4.74 Å². The van der Waals surface area contributed by atoms with Gasteiger partial charge < -0.3 is 10.1 Å². The van der Waals surface area contributed by atoms with Crippen LogP contribution in [0, 0.1) is 0 Å². The molecular formula is C17H38N2O. The van der Waals surface area contributed by atoms with Gasteiger partial charge in [-0.1, -0.05) is 13.3 Å². The van der Waals surface area contributed by atoms with Crippen molar-refractivity contribution in [2.45, 2.75) is 92.0 Å². The number of nitrogens with zero attached hydrogens (tertiary/aromatic N) is 1. The van der Waals surface area contributed by atoms with E-state index < -0.39 is 0 Å². The molecule has 1 N–H and O–H groups in total. The van der Waals surface area contributed by atoms with Crippen LogP contribution in [-0.4, -0.2) is 48.3 Å². The Labute approximate surface area is 127 Å². The summed E-state index contributed by atoms with van der Waals surface area (Å²) in [5.74, 6) is 0. The highest BCUT2D eigenvalue weighted by atomic mass is 16.5. The first kappa shape index (κ1) is 19.9. The van der Waals surface area contributed by atoms with Gasteiger partial charge in [-0.2, -0.15) is 0 Å². The molecule has 3 heteroatoms. The quantitative estimate of drug-likeness (QED) is 0.663. The van der Waals surface area contributed by atoms with E-state index in [2.05, 4.69) is 65.6 Å². The summed E-state index contributed by atoms with van der Waals surface area (Å²) in [5, 5.41) is 3.55. The second-order valence-corrected chi connectivity index (χ2v) is 7.34. The Hall–Kier alpha value is -0.120. The van der Waals surface area contributed by atoms with Crippen LogP contribution < -0.4 is 5.32 Å². The topological polar surface area (TPSA) is 24.5 Å². The van der Waals surface area contributed by atoms with Gasteiger partial charge in [-0.15, -0.1) is 0 Å². The van der Waals surface area contributed by atoms with Crippen molar-refractivity contribution in [2.75, 3.05) is 19.7 Å². The van der Waals surface area contributed by atoms with Crippen LogP contribution in [0.1, 0.15) is 68.2 Å². The van der Waals surface area contributed by atoms with Gasteiger partial charge in [-0.3, -0.25) is 4.90 Å². The third-order valence-corrected chi connectivity index (χ3v) is 3.50. The van der Waals surface area contributed by atoms with Crippen molar-refractivity contribution in [3.05, 3.63) is 0 Å². The molecule has 0 aromatic carbocycles. The van der Waals surface area contributed by atoms with Crippen LogP contribution in [0.4, 0.5) is 0 Å². The van der Waals surface area contributed by atoms with Gasteiger partial charge >= 0.3 is 0 Å². The maximum Gasteiger partial charge on any atom is 0.0700 e. The smallest absolute Gasteiger partial charge is 0.0700 e. The Bertz CT molecular complexity index is 226. The second-order valence-electron chi connectivity index (χ2n) is 7.34. The number of hydrogen-bond acceptors (Lipinski definition) is 3. The van der Waals surface area contributed by atoms with Gasteiger partial charge in [0.25, 0.3) is 0 Å². The monoisotopic (exact) mass is 286 g/mol. The molecule has 0 aromatic rings. The highest BCUT2D eigenvalue weighted by molar-refractivity contribution is 4.74. The predicted molar refractivity (Wildman–Crippen MR) is 89.4 cm³/mol. The summed E-state index contributed by atoms with van der Waals surface area (Å²) in [4.78, 5) is 2.49. The minimum atomic E-state index is 0.164. The summed E-state index contributed by atoms with van der Waals surface area (Å²) in [5.41, 5.74) is 0.164. The van der Waals surface area contributed by atoms with Crippen LogP contribution in [0.15, 0.2) is 0 Å². The lowest BCUT2D eigenvalue weighted by molar-refractivity contribution is 0.0184. The van der Waals surface area contributed by atoms with E-state index in [1.165, 1.54) is 6.42 Å². The molecule has 0 bridgehead atoms. The molecule has 0 rings (SSSR count). The van der Waals surface area contributed by atoms with Crippen molar-refractivity contribution in [3.8, 4) is 0 Å². The average Bonchev–Trinajstić information content (AvgIpc) is 2.29. The van der Waals surface area contributed by atoms with Crippen molar-refractivity contribution < 1.29 is 4.74 Å². The number of nitrogens with one attached hydrogen (secondary N) is 1. The molecule has 0 saturated carbocycles. The lowest BCUT2D eigenvalue weighted by Crippen LogP contribution is -2.43. The number of ether oxygens (including phenoxy) is 1. The fraction of sp³-hybridized carbons (Fsp3) is 1.00. The van der Waals surface area contributed by atoms with Crippen LogP contribution >= 0.6 is 0 Å². The zero-order valence-electron chi connectivity index (χ0n) is 15.1. The second kappa shape index (κ2) is 9.75. The van der Waals surface area contributed by atoms with E-state index in [9.17, 15) is 0 Å².